The summed E-state index contributed by atoms with van der Waals surface area (Å²) in [6.45, 7) is 2.01. The Bertz CT molecular complexity index is 512. The number of hydrogen-bond acceptors (Lipinski definition) is 4. The first-order valence-electron chi connectivity index (χ1n) is 5.75. The Hall–Kier alpha value is -1.44. The first-order chi connectivity index (χ1) is 8.98. The number of carboxylic acid groups (broad SMARTS) is 1. The van der Waals surface area contributed by atoms with Crippen molar-refractivity contribution >= 4 is 30.6 Å². The van der Waals surface area contributed by atoms with E-state index in [1.165, 1.54) is 0 Å². The highest BCUT2D eigenvalue weighted by Crippen LogP contribution is 2.34. The van der Waals surface area contributed by atoms with Crippen molar-refractivity contribution in [2.75, 3.05) is 13.2 Å². The molecule has 0 aromatic heterocycles. The summed E-state index contributed by atoms with van der Waals surface area (Å²) >= 11 is 6.07. The molecule has 8 heteroatoms. The van der Waals surface area contributed by atoms with E-state index in [0.717, 1.165) is 0 Å². The lowest BCUT2D eigenvalue weighted by Crippen LogP contribution is -2.40. The minimum absolute atomic E-state index is 0.114. The molecule has 1 aromatic rings. The zero-order valence-electron chi connectivity index (χ0n) is 10.3. The molecular formula is C11H13BClNO5. The fourth-order valence-corrected chi connectivity index (χ4v) is 2.38. The highest BCUT2D eigenvalue weighted by Gasteiger charge is 2.42. The minimum atomic E-state index is -1.77. The molecule has 0 aliphatic carbocycles. The monoisotopic (exact) mass is 285 g/mol. The van der Waals surface area contributed by atoms with Crippen LogP contribution in [0.1, 0.15) is 12.5 Å². The molecule has 102 valence electrons. The van der Waals surface area contributed by atoms with Gasteiger partial charge in [0.25, 0.3) is 0 Å². The van der Waals surface area contributed by atoms with E-state index in [1.807, 2.05) is 6.92 Å². The van der Waals surface area contributed by atoms with E-state index in [4.69, 9.17) is 26.1 Å². The Morgan fingerprint density at radius 2 is 2.37 bits per heavy atom. The van der Waals surface area contributed by atoms with Gasteiger partial charge in [0.05, 0.1) is 13.2 Å². The molecule has 0 saturated heterocycles. The van der Waals surface area contributed by atoms with Crippen molar-refractivity contribution in [3.63, 3.8) is 0 Å². The van der Waals surface area contributed by atoms with Crippen LogP contribution in [0.2, 0.25) is 5.02 Å². The molecule has 2 rings (SSSR count). The van der Waals surface area contributed by atoms with Gasteiger partial charge in [-0.2, -0.15) is 0 Å². The molecule has 1 unspecified atom stereocenters. The van der Waals surface area contributed by atoms with Gasteiger partial charge in [-0.3, -0.25) is 0 Å². The van der Waals surface area contributed by atoms with Gasteiger partial charge < -0.3 is 24.9 Å². The standard InChI is InChI=1S/C11H13BClNO5/c1-2-18-7-4-3-6(13)8-9(7)12-19-11(8,17)5-14-10(15)16/h3-4,12,14,17H,2,5H2,1H3,(H,15,16). The molecule has 0 fully saturated rings. The first kappa shape index (κ1) is 14.0. The normalized spacial score (nSPS) is 20.6. The van der Waals surface area contributed by atoms with E-state index in [-0.39, 0.29) is 14.0 Å². The van der Waals surface area contributed by atoms with Gasteiger partial charge in [-0.25, -0.2) is 4.79 Å². The number of hydrogen-bond donors (Lipinski definition) is 3. The molecule has 19 heavy (non-hydrogen) atoms. The largest absolute Gasteiger partial charge is 0.494 e. The highest BCUT2D eigenvalue weighted by atomic mass is 35.5. The fourth-order valence-electron chi connectivity index (χ4n) is 2.06. The van der Waals surface area contributed by atoms with Gasteiger partial charge in [-0.1, -0.05) is 11.6 Å². The van der Waals surface area contributed by atoms with E-state index in [2.05, 4.69) is 5.32 Å². The Morgan fingerprint density at radius 1 is 1.63 bits per heavy atom. The SMILES string of the molecule is CCOc1ccc(Cl)c2c1BOC2(O)CNC(=O)O. The smallest absolute Gasteiger partial charge is 0.404 e. The first-order valence-corrected chi connectivity index (χ1v) is 6.13. The van der Waals surface area contributed by atoms with Crippen LogP contribution in [0.15, 0.2) is 12.1 Å². The van der Waals surface area contributed by atoms with Gasteiger partial charge in [0, 0.05) is 10.6 Å². The topological polar surface area (TPSA) is 88.0 Å². The minimum Gasteiger partial charge on any atom is -0.494 e. The molecule has 1 aliphatic rings. The van der Waals surface area contributed by atoms with Crippen LogP contribution in [-0.2, 0) is 10.4 Å². The van der Waals surface area contributed by atoms with Crippen LogP contribution in [0, 0.1) is 0 Å². The molecular weight excluding hydrogens is 272 g/mol. The lowest BCUT2D eigenvalue weighted by molar-refractivity contribution is -0.132. The van der Waals surface area contributed by atoms with Gasteiger partial charge >= 0.3 is 13.6 Å². The van der Waals surface area contributed by atoms with E-state index < -0.39 is 11.9 Å². The lowest BCUT2D eigenvalue weighted by atomic mass is 9.85. The summed E-state index contributed by atoms with van der Waals surface area (Å²) < 4.78 is 10.7. The van der Waals surface area contributed by atoms with E-state index in [9.17, 15) is 9.90 Å². The maximum absolute atomic E-state index is 10.5. The third kappa shape index (κ3) is 2.63. The molecule has 6 nitrogen and oxygen atoms in total. The van der Waals surface area contributed by atoms with E-state index >= 15 is 0 Å². The predicted molar refractivity (Wildman–Crippen MR) is 70.4 cm³/mol. The number of halogens is 1. The predicted octanol–water partition coefficient (Wildman–Crippen LogP) is 0.158. The maximum atomic E-state index is 10.5. The summed E-state index contributed by atoms with van der Waals surface area (Å²) in [5.41, 5.74) is 0.998. The van der Waals surface area contributed by atoms with Crippen LogP contribution in [-0.4, -0.2) is 36.9 Å². The highest BCUT2D eigenvalue weighted by molar-refractivity contribution is 6.52. The second-order valence-corrected chi connectivity index (χ2v) is 4.47. The molecule has 0 bridgehead atoms. The molecule has 3 N–H and O–H groups in total. The zero-order chi connectivity index (χ0) is 14.0. The molecule has 0 radical (unpaired) electrons. The average Bonchev–Trinajstić information content (AvgIpc) is 2.71. The van der Waals surface area contributed by atoms with Gasteiger partial charge in [0.2, 0.25) is 0 Å². The average molecular weight is 285 g/mol. The fraction of sp³-hybridized carbons (Fsp3) is 0.364. The summed E-state index contributed by atoms with van der Waals surface area (Å²) in [4.78, 5) is 10.5. The zero-order valence-corrected chi connectivity index (χ0v) is 11.0. The van der Waals surface area contributed by atoms with Crippen molar-refractivity contribution in [1.82, 2.24) is 5.32 Å². The Morgan fingerprint density at radius 3 is 3.00 bits per heavy atom. The number of carbonyl (C=O) groups is 1. The number of aliphatic hydroxyl groups is 1. The van der Waals surface area contributed by atoms with E-state index in [0.29, 0.717) is 28.4 Å². The van der Waals surface area contributed by atoms with E-state index in [1.54, 1.807) is 12.1 Å². The lowest BCUT2D eigenvalue weighted by Gasteiger charge is -2.25. The summed E-state index contributed by atoms with van der Waals surface area (Å²) in [5, 5.41) is 21.4. The van der Waals surface area contributed by atoms with Crippen LogP contribution in [0.5, 0.6) is 5.75 Å². The number of rotatable bonds is 4. The number of ether oxygens (including phenoxy) is 1. The van der Waals surface area contributed by atoms with Crippen molar-refractivity contribution in [3.8, 4) is 5.75 Å². The van der Waals surface area contributed by atoms with Crippen LogP contribution >= 0.6 is 11.6 Å². The molecule has 0 spiro atoms. The van der Waals surface area contributed by atoms with Crippen LogP contribution < -0.4 is 15.5 Å². The van der Waals surface area contributed by atoms with Gasteiger partial charge in [0.1, 0.15) is 5.75 Å². The molecule has 1 aromatic carbocycles. The van der Waals surface area contributed by atoms with Crippen molar-refractivity contribution in [2.45, 2.75) is 12.7 Å². The molecule has 1 amide bonds. The van der Waals surface area contributed by atoms with Gasteiger partial charge in [-0.05, 0) is 24.5 Å². The molecule has 1 atom stereocenters. The second kappa shape index (κ2) is 5.28. The third-order valence-electron chi connectivity index (χ3n) is 2.84. The Labute approximate surface area is 115 Å². The molecule has 1 aliphatic heterocycles. The summed E-state index contributed by atoms with van der Waals surface area (Å²) in [5.74, 6) is -1.19. The maximum Gasteiger partial charge on any atom is 0.404 e. The number of nitrogens with one attached hydrogen (secondary N) is 1. The summed E-state index contributed by atoms with van der Waals surface area (Å²) in [6, 6.07) is 3.29. The quantitative estimate of drug-likeness (QED) is 0.686. The third-order valence-corrected chi connectivity index (χ3v) is 3.16. The number of benzene rings is 1. The van der Waals surface area contributed by atoms with Crippen molar-refractivity contribution in [3.05, 3.63) is 22.7 Å². The molecule has 0 saturated carbocycles. The number of fused-ring (bicyclic) bond motifs is 1. The van der Waals surface area contributed by atoms with Crippen molar-refractivity contribution in [1.29, 1.82) is 0 Å². The Balaban J connectivity index is 2.37. The molecule has 1 heterocycles. The van der Waals surface area contributed by atoms with Crippen LogP contribution in [0.3, 0.4) is 0 Å². The summed E-state index contributed by atoms with van der Waals surface area (Å²) in [7, 11) is 0.114. The van der Waals surface area contributed by atoms with Gasteiger partial charge in [0.15, 0.2) is 5.79 Å². The van der Waals surface area contributed by atoms with Crippen molar-refractivity contribution in [2.24, 2.45) is 0 Å². The van der Waals surface area contributed by atoms with Crippen molar-refractivity contribution < 1.29 is 24.4 Å². The van der Waals surface area contributed by atoms with Gasteiger partial charge in [-0.15, -0.1) is 0 Å². The Kier molecular flexibility index (Phi) is 3.89. The van der Waals surface area contributed by atoms with Crippen LogP contribution in [0.4, 0.5) is 4.79 Å². The second-order valence-electron chi connectivity index (χ2n) is 4.06. The van der Waals surface area contributed by atoms with Crippen LogP contribution in [0.25, 0.3) is 0 Å². The number of amides is 1. The summed E-state index contributed by atoms with van der Waals surface area (Å²) in [6.07, 6.45) is -1.25.